The number of benzene rings is 1. The van der Waals surface area contributed by atoms with Crippen molar-refractivity contribution in [2.75, 3.05) is 23.7 Å². The molecule has 0 aliphatic carbocycles. The number of hydrogen-bond donors (Lipinski definition) is 1. The highest BCUT2D eigenvalue weighted by atomic mass is 79.9. The van der Waals surface area contributed by atoms with Crippen molar-refractivity contribution in [3.63, 3.8) is 0 Å². The summed E-state index contributed by atoms with van der Waals surface area (Å²) in [4.78, 5) is 2.39. The van der Waals surface area contributed by atoms with Crippen LogP contribution in [0.4, 0.5) is 11.4 Å². The SMILES string of the molecule is CC1(C)CCN(c2cc(Br)ccc2N)CC1. The van der Waals surface area contributed by atoms with Gasteiger partial charge in [-0.2, -0.15) is 0 Å². The number of nitrogen functional groups attached to an aromatic ring is 1. The molecular weight excluding hydrogens is 264 g/mol. The van der Waals surface area contributed by atoms with Crippen LogP contribution in [0.3, 0.4) is 0 Å². The fourth-order valence-corrected chi connectivity index (χ4v) is 2.49. The van der Waals surface area contributed by atoms with E-state index in [0.717, 1.165) is 23.2 Å². The lowest BCUT2D eigenvalue weighted by Gasteiger charge is -2.38. The van der Waals surface area contributed by atoms with E-state index in [-0.39, 0.29) is 0 Å². The lowest BCUT2D eigenvalue weighted by molar-refractivity contribution is 0.280. The zero-order valence-electron chi connectivity index (χ0n) is 9.96. The summed E-state index contributed by atoms with van der Waals surface area (Å²) in [7, 11) is 0. The molecule has 16 heavy (non-hydrogen) atoms. The van der Waals surface area contributed by atoms with Gasteiger partial charge in [0, 0.05) is 17.6 Å². The first-order valence-electron chi connectivity index (χ1n) is 5.78. The molecule has 0 saturated carbocycles. The Bertz CT molecular complexity index is 378. The molecule has 0 aromatic heterocycles. The smallest absolute Gasteiger partial charge is 0.0611 e. The van der Waals surface area contributed by atoms with Gasteiger partial charge in [0.05, 0.1) is 11.4 Å². The molecule has 2 N–H and O–H groups in total. The number of anilines is 2. The van der Waals surface area contributed by atoms with Gasteiger partial charge in [-0.05, 0) is 36.5 Å². The quantitative estimate of drug-likeness (QED) is 0.797. The van der Waals surface area contributed by atoms with Gasteiger partial charge in [0.2, 0.25) is 0 Å². The normalized spacial score (nSPS) is 19.8. The molecule has 2 rings (SSSR count). The maximum absolute atomic E-state index is 6.03. The van der Waals surface area contributed by atoms with Crippen molar-refractivity contribution >= 4 is 27.3 Å². The second-order valence-electron chi connectivity index (χ2n) is 5.35. The third-order valence-corrected chi connectivity index (χ3v) is 3.94. The van der Waals surface area contributed by atoms with Crippen LogP contribution in [0, 0.1) is 5.41 Å². The van der Waals surface area contributed by atoms with Crippen LogP contribution in [0.1, 0.15) is 26.7 Å². The van der Waals surface area contributed by atoms with Crippen molar-refractivity contribution in [3.05, 3.63) is 22.7 Å². The van der Waals surface area contributed by atoms with E-state index in [4.69, 9.17) is 5.73 Å². The van der Waals surface area contributed by atoms with Gasteiger partial charge in [-0.25, -0.2) is 0 Å². The standard InChI is InChI=1S/C13H19BrN2/c1-13(2)5-7-16(8-6-13)12-9-10(14)3-4-11(12)15/h3-4,9H,5-8,15H2,1-2H3. The first kappa shape index (κ1) is 11.8. The Morgan fingerprint density at radius 3 is 2.50 bits per heavy atom. The van der Waals surface area contributed by atoms with E-state index >= 15 is 0 Å². The number of halogens is 1. The highest BCUT2D eigenvalue weighted by Crippen LogP contribution is 2.35. The number of nitrogens with two attached hydrogens (primary N) is 1. The molecule has 3 heteroatoms. The largest absolute Gasteiger partial charge is 0.397 e. The molecule has 0 amide bonds. The highest BCUT2D eigenvalue weighted by Gasteiger charge is 2.26. The van der Waals surface area contributed by atoms with E-state index in [0.29, 0.717) is 5.41 Å². The Balaban J connectivity index is 2.17. The first-order chi connectivity index (χ1) is 7.48. The number of nitrogens with zero attached hydrogens (tertiary/aromatic N) is 1. The van der Waals surface area contributed by atoms with Gasteiger partial charge >= 0.3 is 0 Å². The van der Waals surface area contributed by atoms with E-state index in [1.165, 1.54) is 18.5 Å². The minimum atomic E-state index is 0.483. The Kier molecular flexibility index (Phi) is 3.15. The summed E-state index contributed by atoms with van der Waals surface area (Å²) in [5.74, 6) is 0. The minimum absolute atomic E-state index is 0.483. The molecule has 2 nitrogen and oxygen atoms in total. The molecule has 1 aromatic rings. The van der Waals surface area contributed by atoms with Crippen LogP contribution in [0.15, 0.2) is 22.7 Å². The molecule has 0 atom stereocenters. The Labute approximate surface area is 106 Å². The van der Waals surface area contributed by atoms with E-state index in [1.807, 2.05) is 12.1 Å². The average Bonchev–Trinajstić information content (AvgIpc) is 2.22. The summed E-state index contributed by atoms with van der Waals surface area (Å²) >= 11 is 3.50. The summed E-state index contributed by atoms with van der Waals surface area (Å²) in [6, 6.07) is 6.08. The van der Waals surface area contributed by atoms with E-state index in [9.17, 15) is 0 Å². The van der Waals surface area contributed by atoms with Crippen molar-refractivity contribution in [2.45, 2.75) is 26.7 Å². The second-order valence-corrected chi connectivity index (χ2v) is 6.27. The Morgan fingerprint density at radius 2 is 1.88 bits per heavy atom. The van der Waals surface area contributed by atoms with Crippen molar-refractivity contribution in [1.29, 1.82) is 0 Å². The molecule has 0 unspecified atom stereocenters. The molecule has 0 spiro atoms. The fraction of sp³-hybridized carbons (Fsp3) is 0.538. The highest BCUT2D eigenvalue weighted by molar-refractivity contribution is 9.10. The Morgan fingerprint density at radius 1 is 1.25 bits per heavy atom. The summed E-state index contributed by atoms with van der Waals surface area (Å²) in [5, 5.41) is 0. The first-order valence-corrected chi connectivity index (χ1v) is 6.57. The maximum atomic E-state index is 6.03. The molecule has 1 aromatic carbocycles. The molecule has 1 heterocycles. The monoisotopic (exact) mass is 282 g/mol. The van der Waals surface area contributed by atoms with E-state index < -0.39 is 0 Å². The summed E-state index contributed by atoms with van der Waals surface area (Å²) < 4.78 is 1.10. The van der Waals surface area contributed by atoms with Gasteiger partial charge in [-0.15, -0.1) is 0 Å². The minimum Gasteiger partial charge on any atom is -0.397 e. The van der Waals surface area contributed by atoms with Crippen molar-refractivity contribution in [3.8, 4) is 0 Å². The van der Waals surface area contributed by atoms with Crippen LogP contribution in [0.2, 0.25) is 0 Å². The van der Waals surface area contributed by atoms with Crippen LogP contribution >= 0.6 is 15.9 Å². The lowest BCUT2D eigenvalue weighted by Crippen LogP contribution is -2.37. The predicted octanol–water partition coefficient (Wildman–Crippen LogP) is 3.66. The van der Waals surface area contributed by atoms with E-state index in [1.54, 1.807) is 0 Å². The van der Waals surface area contributed by atoms with Gasteiger partial charge in [0.1, 0.15) is 0 Å². The van der Waals surface area contributed by atoms with Crippen LogP contribution in [-0.2, 0) is 0 Å². The van der Waals surface area contributed by atoms with Gasteiger partial charge in [0.25, 0.3) is 0 Å². The molecule has 0 radical (unpaired) electrons. The molecule has 0 bridgehead atoms. The molecule has 88 valence electrons. The molecule has 1 saturated heterocycles. The van der Waals surface area contributed by atoms with E-state index in [2.05, 4.69) is 40.7 Å². The molecule has 1 aliphatic heterocycles. The average molecular weight is 283 g/mol. The van der Waals surface area contributed by atoms with Crippen LogP contribution in [0.25, 0.3) is 0 Å². The van der Waals surface area contributed by atoms with Crippen LogP contribution < -0.4 is 10.6 Å². The predicted molar refractivity (Wildman–Crippen MR) is 73.8 cm³/mol. The topological polar surface area (TPSA) is 29.3 Å². The van der Waals surface area contributed by atoms with Crippen molar-refractivity contribution in [1.82, 2.24) is 0 Å². The van der Waals surface area contributed by atoms with Crippen molar-refractivity contribution < 1.29 is 0 Å². The third kappa shape index (κ3) is 2.51. The lowest BCUT2D eigenvalue weighted by atomic mass is 9.82. The molecule has 1 fully saturated rings. The van der Waals surface area contributed by atoms with Gasteiger partial charge in [0.15, 0.2) is 0 Å². The van der Waals surface area contributed by atoms with Crippen LogP contribution in [0.5, 0.6) is 0 Å². The zero-order valence-corrected chi connectivity index (χ0v) is 11.5. The maximum Gasteiger partial charge on any atom is 0.0611 e. The second kappa shape index (κ2) is 4.28. The van der Waals surface area contributed by atoms with Crippen molar-refractivity contribution in [2.24, 2.45) is 5.41 Å². The number of hydrogen-bond acceptors (Lipinski definition) is 2. The molecular formula is C13H19BrN2. The fourth-order valence-electron chi connectivity index (χ4n) is 2.14. The van der Waals surface area contributed by atoms with Gasteiger partial charge in [-0.1, -0.05) is 29.8 Å². The zero-order chi connectivity index (χ0) is 11.8. The third-order valence-electron chi connectivity index (χ3n) is 3.45. The van der Waals surface area contributed by atoms with Crippen LogP contribution in [-0.4, -0.2) is 13.1 Å². The van der Waals surface area contributed by atoms with Gasteiger partial charge < -0.3 is 10.6 Å². The summed E-state index contributed by atoms with van der Waals surface area (Å²) in [5.41, 5.74) is 8.56. The Hall–Kier alpha value is -0.700. The summed E-state index contributed by atoms with van der Waals surface area (Å²) in [6.07, 6.45) is 2.47. The molecule has 1 aliphatic rings. The summed E-state index contributed by atoms with van der Waals surface area (Å²) in [6.45, 7) is 6.89. The number of piperidine rings is 1. The number of rotatable bonds is 1. The van der Waals surface area contributed by atoms with Gasteiger partial charge in [-0.3, -0.25) is 0 Å².